The number of nitrogens with zero attached hydrogens (tertiary/aromatic N) is 1. The minimum atomic E-state index is -0.608. The second-order valence-corrected chi connectivity index (χ2v) is 6.60. The van der Waals surface area contributed by atoms with Gasteiger partial charge in [-0.25, -0.2) is 9.18 Å². The molecular formula is C16H23ClFN3O. The molecule has 0 bridgehead atoms. The fraction of sp³-hybridized carbons (Fsp3) is 0.562. The van der Waals surface area contributed by atoms with E-state index in [1.807, 2.05) is 0 Å². The average Bonchev–Trinajstić information content (AvgIpc) is 2.40. The van der Waals surface area contributed by atoms with Gasteiger partial charge in [0.2, 0.25) is 0 Å². The highest BCUT2D eigenvalue weighted by atomic mass is 35.5. The molecular weight excluding hydrogens is 305 g/mol. The minimum absolute atomic E-state index is 0.00206. The Morgan fingerprint density at radius 3 is 2.86 bits per heavy atom. The predicted molar refractivity (Wildman–Crippen MR) is 87.9 cm³/mol. The highest BCUT2D eigenvalue weighted by Crippen LogP contribution is 2.22. The number of anilines is 1. The quantitative estimate of drug-likeness (QED) is 0.836. The van der Waals surface area contributed by atoms with Gasteiger partial charge in [-0.3, -0.25) is 4.90 Å². The lowest BCUT2D eigenvalue weighted by Gasteiger charge is -2.39. The van der Waals surface area contributed by atoms with Gasteiger partial charge in [-0.1, -0.05) is 31.5 Å². The van der Waals surface area contributed by atoms with Crippen LogP contribution in [0.5, 0.6) is 0 Å². The highest BCUT2D eigenvalue weighted by Gasteiger charge is 2.27. The van der Waals surface area contributed by atoms with Crippen LogP contribution in [0.1, 0.15) is 26.7 Å². The van der Waals surface area contributed by atoms with Gasteiger partial charge in [0.1, 0.15) is 0 Å². The van der Waals surface area contributed by atoms with Gasteiger partial charge in [0.25, 0.3) is 0 Å². The van der Waals surface area contributed by atoms with Crippen LogP contribution in [0.25, 0.3) is 0 Å². The van der Waals surface area contributed by atoms with Gasteiger partial charge in [0, 0.05) is 13.1 Å². The molecule has 1 saturated heterocycles. The Labute approximate surface area is 136 Å². The first-order valence-electron chi connectivity index (χ1n) is 7.69. The van der Waals surface area contributed by atoms with Crippen molar-refractivity contribution in [2.75, 3.05) is 25.0 Å². The third kappa shape index (κ3) is 4.85. The van der Waals surface area contributed by atoms with Crippen molar-refractivity contribution in [3.63, 3.8) is 0 Å². The van der Waals surface area contributed by atoms with E-state index >= 15 is 0 Å². The zero-order valence-electron chi connectivity index (χ0n) is 13.0. The third-order valence-corrected chi connectivity index (χ3v) is 4.04. The molecule has 22 heavy (non-hydrogen) atoms. The number of hydrogen-bond donors (Lipinski definition) is 2. The molecule has 1 aromatic rings. The van der Waals surface area contributed by atoms with Crippen LogP contribution in [-0.2, 0) is 0 Å². The Morgan fingerprint density at radius 2 is 2.18 bits per heavy atom. The molecule has 1 heterocycles. The fourth-order valence-electron chi connectivity index (χ4n) is 2.51. The molecule has 0 unspecified atom stereocenters. The standard InChI is InChI=1S/C16H23ClFN3O/c1-11(2)5-4-8-21-9-12(10-21)19-16(22)20-14-7-3-6-13(17)15(14)18/h3,6-7,11-12H,4-5,8-10H2,1-2H3,(H2,19,20,22). The number of amides is 2. The van der Waals surface area contributed by atoms with E-state index in [1.165, 1.54) is 25.0 Å². The highest BCUT2D eigenvalue weighted by molar-refractivity contribution is 6.31. The average molecular weight is 328 g/mol. The molecule has 0 radical (unpaired) electrons. The van der Waals surface area contributed by atoms with Crippen LogP contribution in [0, 0.1) is 11.7 Å². The van der Waals surface area contributed by atoms with Crippen LogP contribution in [0.3, 0.4) is 0 Å². The van der Waals surface area contributed by atoms with E-state index in [0.717, 1.165) is 25.6 Å². The summed E-state index contributed by atoms with van der Waals surface area (Å²) >= 11 is 5.68. The van der Waals surface area contributed by atoms with Crippen LogP contribution in [0.2, 0.25) is 5.02 Å². The normalized spacial score (nSPS) is 15.7. The van der Waals surface area contributed by atoms with Gasteiger partial charge in [-0.15, -0.1) is 0 Å². The Balaban J connectivity index is 1.68. The van der Waals surface area contributed by atoms with Crippen LogP contribution in [0.4, 0.5) is 14.9 Å². The molecule has 0 aromatic heterocycles. The van der Waals surface area contributed by atoms with E-state index in [0.29, 0.717) is 0 Å². The van der Waals surface area contributed by atoms with E-state index < -0.39 is 11.8 Å². The van der Waals surface area contributed by atoms with Gasteiger partial charge < -0.3 is 10.6 Å². The minimum Gasteiger partial charge on any atom is -0.333 e. The Bertz CT molecular complexity index is 518. The molecule has 2 N–H and O–H groups in total. The maximum absolute atomic E-state index is 13.7. The van der Waals surface area contributed by atoms with Crippen molar-refractivity contribution in [3.05, 3.63) is 29.0 Å². The fourth-order valence-corrected chi connectivity index (χ4v) is 2.69. The molecule has 2 rings (SSSR count). The number of carbonyl (C=O) groups excluding carboxylic acids is 1. The van der Waals surface area contributed by atoms with Crippen molar-refractivity contribution in [3.8, 4) is 0 Å². The summed E-state index contributed by atoms with van der Waals surface area (Å²) in [6.45, 7) is 7.22. The molecule has 1 aliphatic heterocycles. The van der Waals surface area contributed by atoms with Crippen molar-refractivity contribution < 1.29 is 9.18 Å². The predicted octanol–water partition coefficient (Wildman–Crippen LogP) is 3.72. The van der Waals surface area contributed by atoms with Gasteiger partial charge >= 0.3 is 6.03 Å². The van der Waals surface area contributed by atoms with Crippen molar-refractivity contribution >= 4 is 23.3 Å². The van der Waals surface area contributed by atoms with Crippen LogP contribution in [-0.4, -0.2) is 36.6 Å². The number of rotatable bonds is 6. The summed E-state index contributed by atoms with van der Waals surface area (Å²) in [5.74, 6) is 0.122. The Hall–Kier alpha value is -1.33. The summed E-state index contributed by atoms with van der Waals surface area (Å²) in [6, 6.07) is 4.26. The van der Waals surface area contributed by atoms with Crippen molar-refractivity contribution in [2.45, 2.75) is 32.7 Å². The molecule has 122 valence electrons. The number of nitrogens with one attached hydrogen (secondary N) is 2. The summed E-state index contributed by atoms with van der Waals surface area (Å²) in [5.41, 5.74) is 0.0955. The number of urea groups is 1. The zero-order chi connectivity index (χ0) is 16.1. The Morgan fingerprint density at radius 1 is 1.45 bits per heavy atom. The van der Waals surface area contributed by atoms with Gasteiger partial charge in [0.05, 0.1) is 16.8 Å². The number of carbonyl (C=O) groups is 1. The molecule has 2 amide bonds. The monoisotopic (exact) mass is 327 g/mol. The topological polar surface area (TPSA) is 44.4 Å². The van der Waals surface area contributed by atoms with E-state index in [2.05, 4.69) is 29.4 Å². The SMILES string of the molecule is CC(C)CCCN1CC(NC(=O)Nc2cccc(Cl)c2F)C1. The smallest absolute Gasteiger partial charge is 0.319 e. The van der Waals surface area contributed by atoms with Crippen molar-refractivity contribution in [1.82, 2.24) is 10.2 Å². The van der Waals surface area contributed by atoms with Gasteiger partial charge in [-0.05, 0) is 37.4 Å². The van der Waals surface area contributed by atoms with Crippen LogP contribution in [0.15, 0.2) is 18.2 Å². The van der Waals surface area contributed by atoms with Crippen LogP contribution < -0.4 is 10.6 Å². The molecule has 4 nitrogen and oxygen atoms in total. The zero-order valence-corrected chi connectivity index (χ0v) is 13.8. The lowest BCUT2D eigenvalue weighted by molar-refractivity contribution is 0.128. The maximum atomic E-state index is 13.7. The second kappa shape index (κ2) is 7.79. The number of hydrogen-bond acceptors (Lipinski definition) is 2. The third-order valence-electron chi connectivity index (χ3n) is 3.75. The largest absolute Gasteiger partial charge is 0.333 e. The molecule has 0 spiro atoms. The molecule has 1 fully saturated rings. The first-order valence-corrected chi connectivity index (χ1v) is 8.07. The molecule has 0 saturated carbocycles. The number of benzene rings is 1. The molecule has 1 aromatic carbocycles. The number of halogens is 2. The van der Waals surface area contributed by atoms with E-state index in [4.69, 9.17) is 11.6 Å². The van der Waals surface area contributed by atoms with E-state index in [1.54, 1.807) is 6.07 Å². The summed E-state index contributed by atoms with van der Waals surface area (Å²) in [6.07, 6.45) is 2.41. The maximum Gasteiger partial charge on any atom is 0.319 e. The summed E-state index contributed by atoms with van der Waals surface area (Å²) < 4.78 is 13.7. The molecule has 1 aliphatic rings. The van der Waals surface area contributed by atoms with Gasteiger partial charge in [0.15, 0.2) is 5.82 Å². The second-order valence-electron chi connectivity index (χ2n) is 6.19. The number of likely N-dealkylation sites (tertiary alicyclic amines) is 1. The van der Waals surface area contributed by atoms with Crippen LogP contribution >= 0.6 is 11.6 Å². The van der Waals surface area contributed by atoms with Crippen molar-refractivity contribution in [2.24, 2.45) is 5.92 Å². The summed E-state index contributed by atoms with van der Waals surface area (Å²) in [7, 11) is 0. The summed E-state index contributed by atoms with van der Waals surface area (Å²) in [4.78, 5) is 14.2. The summed E-state index contributed by atoms with van der Waals surface area (Å²) in [5, 5.41) is 5.33. The van der Waals surface area contributed by atoms with Gasteiger partial charge in [-0.2, -0.15) is 0 Å². The lowest BCUT2D eigenvalue weighted by Crippen LogP contribution is -2.59. The molecule has 0 atom stereocenters. The molecule has 0 aliphatic carbocycles. The lowest BCUT2D eigenvalue weighted by atomic mass is 10.1. The first-order chi connectivity index (χ1) is 10.5. The van der Waals surface area contributed by atoms with E-state index in [-0.39, 0.29) is 16.8 Å². The Kier molecular flexibility index (Phi) is 6.03. The van der Waals surface area contributed by atoms with Crippen molar-refractivity contribution in [1.29, 1.82) is 0 Å². The molecule has 6 heteroatoms. The van der Waals surface area contributed by atoms with E-state index in [9.17, 15) is 9.18 Å². The first kappa shape index (κ1) is 17.0.